The van der Waals surface area contributed by atoms with Gasteiger partial charge in [0.05, 0.1) is 6.10 Å². The Hall–Kier alpha value is -2.52. The van der Waals surface area contributed by atoms with Crippen molar-refractivity contribution in [3.05, 3.63) is 23.5 Å². The van der Waals surface area contributed by atoms with Crippen LogP contribution in [0.15, 0.2) is 23.5 Å². The highest BCUT2D eigenvalue weighted by Gasteiger charge is 2.67. The maximum absolute atomic E-state index is 12.8. The summed E-state index contributed by atoms with van der Waals surface area (Å²) < 4.78 is 0. The van der Waals surface area contributed by atoms with E-state index in [4.69, 9.17) is 0 Å². The van der Waals surface area contributed by atoms with Crippen molar-refractivity contribution in [3.63, 3.8) is 0 Å². The first-order chi connectivity index (χ1) is 18.9. The number of ketones is 2. The predicted molar refractivity (Wildman–Crippen MR) is 147 cm³/mol. The molecule has 0 aromatic carbocycles. The van der Waals surface area contributed by atoms with Gasteiger partial charge >= 0.3 is 0 Å². The van der Waals surface area contributed by atoms with Crippen molar-refractivity contribution in [2.75, 3.05) is 6.54 Å². The minimum atomic E-state index is -1.65. The fraction of sp³-hybridized carbons (Fsp3) is 0.742. The van der Waals surface area contributed by atoms with Crippen LogP contribution in [-0.4, -0.2) is 63.0 Å². The molecule has 0 radical (unpaired) electrons. The molecule has 5 aliphatic rings. The number of amides is 2. The molecule has 9 nitrogen and oxygen atoms in total. The van der Waals surface area contributed by atoms with Gasteiger partial charge in [-0.2, -0.15) is 0 Å². The van der Waals surface area contributed by atoms with Crippen molar-refractivity contribution in [2.24, 2.45) is 28.6 Å². The zero-order valence-electron chi connectivity index (χ0n) is 23.7. The van der Waals surface area contributed by atoms with Crippen molar-refractivity contribution in [3.8, 4) is 0 Å². The Labute approximate surface area is 235 Å². The minimum Gasteiger partial charge on any atom is -0.509 e. The second-order valence-electron chi connectivity index (χ2n) is 13.4. The molecule has 2 amide bonds. The molecular weight excluding hydrogens is 512 g/mol. The topological polar surface area (TPSA) is 153 Å². The zero-order chi connectivity index (χ0) is 28.9. The van der Waals surface area contributed by atoms with E-state index in [2.05, 4.69) is 17.6 Å². The lowest BCUT2D eigenvalue weighted by molar-refractivity contribution is -0.168. The average molecular weight is 557 g/mol. The number of aliphatic hydroxyl groups excluding tert-OH is 2. The van der Waals surface area contributed by atoms with Crippen LogP contribution in [0.5, 0.6) is 0 Å². The smallest absolute Gasteiger partial charge is 0.242 e. The molecule has 1 saturated heterocycles. The Morgan fingerprint density at radius 1 is 1.10 bits per heavy atom. The van der Waals surface area contributed by atoms with E-state index >= 15 is 0 Å². The maximum Gasteiger partial charge on any atom is 0.242 e. The molecule has 1 heterocycles. The Kier molecular flexibility index (Phi) is 7.76. The minimum absolute atomic E-state index is 0.0113. The number of fused-ring (bicyclic) bond motifs is 5. The molecule has 1 aliphatic heterocycles. The van der Waals surface area contributed by atoms with E-state index in [-0.39, 0.29) is 54.1 Å². The molecule has 40 heavy (non-hydrogen) atoms. The van der Waals surface area contributed by atoms with E-state index in [1.54, 1.807) is 6.08 Å². The van der Waals surface area contributed by atoms with Crippen LogP contribution in [0.25, 0.3) is 0 Å². The normalized spacial score (nSPS) is 41.5. The fourth-order valence-electron chi connectivity index (χ4n) is 9.04. The second kappa shape index (κ2) is 10.7. The highest BCUT2D eigenvalue weighted by Crippen LogP contribution is 2.68. The van der Waals surface area contributed by atoms with E-state index < -0.39 is 40.6 Å². The summed E-state index contributed by atoms with van der Waals surface area (Å²) in [5, 5.41) is 40.0. The van der Waals surface area contributed by atoms with Gasteiger partial charge in [0, 0.05) is 37.3 Å². The summed E-state index contributed by atoms with van der Waals surface area (Å²) in [6, 6.07) is -0.602. The van der Waals surface area contributed by atoms with E-state index in [0.29, 0.717) is 32.2 Å². The lowest BCUT2D eigenvalue weighted by atomic mass is 9.45. The molecule has 4 fully saturated rings. The largest absolute Gasteiger partial charge is 0.509 e. The first-order valence-electron chi connectivity index (χ1n) is 15.0. The number of carbonyl (C=O) groups is 4. The molecule has 3 saturated carbocycles. The van der Waals surface area contributed by atoms with E-state index in [1.165, 1.54) is 0 Å². The van der Waals surface area contributed by atoms with Crippen LogP contribution < -0.4 is 10.6 Å². The number of hydrogen-bond donors (Lipinski definition) is 5. The number of nitrogens with one attached hydrogen (secondary N) is 2. The van der Waals surface area contributed by atoms with Crippen molar-refractivity contribution in [1.29, 1.82) is 0 Å². The quantitative estimate of drug-likeness (QED) is 0.249. The zero-order valence-corrected chi connectivity index (χ0v) is 23.7. The third kappa shape index (κ3) is 4.83. The lowest BCUT2D eigenvalue weighted by Crippen LogP contribution is -2.60. The molecule has 8 atom stereocenters. The summed E-state index contributed by atoms with van der Waals surface area (Å²) in [6.45, 7) is 4.68. The molecule has 0 aromatic heterocycles. The van der Waals surface area contributed by atoms with Gasteiger partial charge in [-0.3, -0.25) is 19.2 Å². The Morgan fingerprint density at radius 2 is 1.88 bits per heavy atom. The monoisotopic (exact) mass is 556 g/mol. The number of hydrogen-bond acceptors (Lipinski definition) is 7. The van der Waals surface area contributed by atoms with Gasteiger partial charge in [0.1, 0.15) is 17.4 Å². The van der Waals surface area contributed by atoms with Crippen LogP contribution in [0.1, 0.15) is 90.9 Å². The molecule has 9 heteroatoms. The highest BCUT2D eigenvalue weighted by molar-refractivity contribution is 5.94. The molecule has 4 aliphatic carbocycles. The molecule has 5 rings (SSSR count). The van der Waals surface area contributed by atoms with Crippen molar-refractivity contribution < 1.29 is 34.5 Å². The van der Waals surface area contributed by atoms with Crippen LogP contribution >= 0.6 is 0 Å². The Balaban J connectivity index is 1.26. The number of rotatable bonds is 6. The average Bonchev–Trinajstić information content (AvgIpc) is 3.02. The fourth-order valence-corrected chi connectivity index (χ4v) is 9.04. The van der Waals surface area contributed by atoms with Crippen LogP contribution in [0.3, 0.4) is 0 Å². The second-order valence-corrected chi connectivity index (χ2v) is 13.4. The van der Waals surface area contributed by atoms with Gasteiger partial charge in [-0.15, -0.1) is 0 Å². The summed E-state index contributed by atoms with van der Waals surface area (Å²) in [4.78, 5) is 49.4. The molecule has 220 valence electrons. The van der Waals surface area contributed by atoms with Crippen LogP contribution in [0.2, 0.25) is 0 Å². The van der Waals surface area contributed by atoms with E-state index in [0.717, 1.165) is 43.8 Å². The van der Waals surface area contributed by atoms with Crippen molar-refractivity contribution in [2.45, 2.75) is 109 Å². The molecule has 0 spiro atoms. The van der Waals surface area contributed by atoms with Gasteiger partial charge in [0.2, 0.25) is 11.8 Å². The number of carbonyl (C=O) groups excluding carboxylic acids is 4. The summed E-state index contributed by atoms with van der Waals surface area (Å²) in [5.74, 6) is -1.14. The summed E-state index contributed by atoms with van der Waals surface area (Å²) >= 11 is 0. The standard InChI is InChI=1S/C31H44N2O7/c1-29-12-10-20(35)15-18(29)6-8-21-22-11-13-31(40,30(22,2)17-24(36)27(21)29)25(37)16-19(34)7-9-26(38)33-23-5-3-4-14-32-28(23)39/h15-16,21-24,27,36-37,40H,3-14,17H2,1-2H3,(H,32,39)(H,33,38)/b25-16+/t21-,22-,23-,24-,27+,29+,30+,31+/m1/s1. The van der Waals surface area contributed by atoms with Crippen LogP contribution in [0.4, 0.5) is 0 Å². The lowest BCUT2D eigenvalue weighted by Gasteiger charge is -2.60. The summed E-state index contributed by atoms with van der Waals surface area (Å²) in [5.41, 5.74) is -1.58. The Morgan fingerprint density at radius 3 is 2.65 bits per heavy atom. The van der Waals surface area contributed by atoms with Crippen molar-refractivity contribution in [1.82, 2.24) is 10.6 Å². The number of allylic oxidation sites excluding steroid dienone is 2. The number of aliphatic hydroxyl groups is 3. The summed E-state index contributed by atoms with van der Waals surface area (Å²) in [6.07, 6.45) is 8.19. The first-order valence-corrected chi connectivity index (χ1v) is 15.0. The van der Waals surface area contributed by atoms with Gasteiger partial charge in [-0.05, 0) is 87.0 Å². The third-order valence-corrected chi connectivity index (χ3v) is 11.2. The molecule has 0 aromatic rings. The third-order valence-electron chi connectivity index (χ3n) is 11.2. The van der Waals surface area contributed by atoms with Gasteiger partial charge in [0.15, 0.2) is 11.6 Å². The molecular formula is C31H44N2O7. The van der Waals surface area contributed by atoms with Gasteiger partial charge in [-0.25, -0.2) is 0 Å². The van der Waals surface area contributed by atoms with E-state index in [1.807, 2.05) is 6.92 Å². The molecule has 0 bridgehead atoms. The predicted octanol–water partition coefficient (Wildman–Crippen LogP) is 2.80. The van der Waals surface area contributed by atoms with Crippen LogP contribution in [-0.2, 0) is 19.2 Å². The van der Waals surface area contributed by atoms with Gasteiger partial charge < -0.3 is 26.0 Å². The molecule has 5 N–H and O–H groups in total. The van der Waals surface area contributed by atoms with Gasteiger partial charge in [-0.1, -0.05) is 19.4 Å². The van der Waals surface area contributed by atoms with E-state index in [9.17, 15) is 34.5 Å². The maximum atomic E-state index is 12.8. The Bertz CT molecular complexity index is 1150. The SMILES string of the molecule is C[C@]12CCC(=O)C=C1CC[C@H]1[C@H]2[C@H](O)C[C@@]2(C)[C@@H]1CC[C@]2(O)/C(O)=C\C(=O)CCC(=O)N[C@@H]1CCCCNC1=O. The van der Waals surface area contributed by atoms with Crippen molar-refractivity contribution >= 4 is 23.4 Å². The first kappa shape index (κ1) is 29.0. The van der Waals surface area contributed by atoms with Crippen LogP contribution in [0, 0.1) is 28.6 Å². The molecule has 0 unspecified atom stereocenters. The summed E-state index contributed by atoms with van der Waals surface area (Å²) in [7, 11) is 0. The highest BCUT2D eigenvalue weighted by atomic mass is 16.3. The van der Waals surface area contributed by atoms with Gasteiger partial charge in [0.25, 0.3) is 0 Å².